The Kier molecular flexibility index (Phi) is 5.58. The van der Waals surface area contributed by atoms with Gasteiger partial charge in [-0.05, 0) is 18.8 Å². The molecule has 1 fully saturated rings. The fraction of sp³-hybridized carbons (Fsp3) is 0.600. The normalized spacial score (nSPS) is 22.4. The summed E-state index contributed by atoms with van der Waals surface area (Å²) in [6.45, 7) is 2.08. The zero-order valence-corrected chi connectivity index (χ0v) is 14.6. The Labute approximate surface area is 137 Å². The van der Waals surface area contributed by atoms with Crippen molar-refractivity contribution < 1.29 is 17.9 Å². The minimum absolute atomic E-state index is 0.0500. The molecule has 5 nitrogen and oxygen atoms in total. The van der Waals surface area contributed by atoms with E-state index in [-0.39, 0.29) is 16.7 Å². The Bertz CT molecular complexity index is 633. The molecule has 1 saturated carbocycles. The van der Waals surface area contributed by atoms with Crippen molar-refractivity contribution in [3.63, 3.8) is 0 Å². The summed E-state index contributed by atoms with van der Waals surface area (Å²) >= 11 is 6.03. The second-order valence-electron chi connectivity index (χ2n) is 5.63. The molecule has 124 valence electrons. The van der Waals surface area contributed by atoms with Crippen LogP contribution in [0.25, 0.3) is 0 Å². The van der Waals surface area contributed by atoms with Crippen molar-refractivity contribution in [3.05, 3.63) is 17.2 Å². The molecule has 22 heavy (non-hydrogen) atoms. The highest BCUT2D eigenvalue weighted by molar-refractivity contribution is 7.89. The van der Waals surface area contributed by atoms with E-state index >= 15 is 0 Å². The molecule has 0 aromatic heterocycles. The van der Waals surface area contributed by atoms with Crippen LogP contribution in [0.2, 0.25) is 5.02 Å². The van der Waals surface area contributed by atoms with Crippen molar-refractivity contribution in [1.82, 2.24) is 4.72 Å². The molecule has 1 N–H and O–H groups in total. The maximum absolute atomic E-state index is 12.7. The Balaban J connectivity index is 2.35. The third kappa shape index (κ3) is 3.67. The van der Waals surface area contributed by atoms with Gasteiger partial charge in [0.05, 0.1) is 19.2 Å². The first kappa shape index (κ1) is 17.4. The lowest BCUT2D eigenvalue weighted by Gasteiger charge is -2.29. The highest BCUT2D eigenvalue weighted by Gasteiger charge is 2.29. The van der Waals surface area contributed by atoms with Crippen molar-refractivity contribution in [1.29, 1.82) is 0 Å². The number of sulfonamides is 1. The summed E-state index contributed by atoms with van der Waals surface area (Å²) in [5, 5.41) is 0.310. The van der Waals surface area contributed by atoms with Gasteiger partial charge in [0.2, 0.25) is 10.0 Å². The molecule has 0 aliphatic heterocycles. The summed E-state index contributed by atoms with van der Waals surface area (Å²) in [4.78, 5) is 0.0500. The third-order valence-corrected chi connectivity index (χ3v) is 5.95. The second-order valence-corrected chi connectivity index (χ2v) is 7.72. The van der Waals surface area contributed by atoms with E-state index in [1.54, 1.807) is 0 Å². The highest BCUT2D eigenvalue weighted by Crippen LogP contribution is 2.35. The van der Waals surface area contributed by atoms with E-state index in [0.717, 1.165) is 25.7 Å². The molecule has 0 saturated heterocycles. The van der Waals surface area contributed by atoms with Gasteiger partial charge in [-0.3, -0.25) is 0 Å². The van der Waals surface area contributed by atoms with Gasteiger partial charge >= 0.3 is 0 Å². The Hall–Kier alpha value is -0.980. The molecule has 1 aromatic carbocycles. The van der Waals surface area contributed by atoms with E-state index in [0.29, 0.717) is 16.7 Å². The average molecular weight is 348 g/mol. The van der Waals surface area contributed by atoms with E-state index in [2.05, 4.69) is 11.6 Å². The quantitative estimate of drug-likeness (QED) is 0.888. The number of halogens is 1. The van der Waals surface area contributed by atoms with Gasteiger partial charge in [-0.2, -0.15) is 0 Å². The van der Waals surface area contributed by atoms with Crippen LogP contribution >= 0.6 is 11.6 Å². The monoisotopic (exact) mass is 347 g/mol. The number of ether oxygens (including phenoxy) is 2. The lowest BCUT2D eigenvalue weighted by atomic mass is 9.87. The van der Waals surface area contributed by atoms with Crippen molar-refractivity contribution >= 4 is 21.6 Å². The summed E-state index contributed by atoms with van der Waals surface area (Å²) in [5.74, 6) is 0.838. The minimum Gasteiger partial charge on any atom is -0.495 e. The van der Waals surface area contributed by atoms with E-state index in [9.17, 15) is 8.42 Å². The van der Waals surface area contributed by atoms with Gasteiger partial charge < -0.3 is 9.47 Å². The van der Waals surface area contributed by atoms with Crippen molar-refractivity contribution in [3.8, 4) is 11.5 Å². The van der Waals surface area contributed by atoms with Crippen LogP contribution in [-0.2, 0) is 10.0 Å². The zero-order chi connectivity index (χ0) is 16.3. The van der Waals surface area contributed by atoms with Crippen molar-refractivity contribution in [2.75, 3.05) is 14.2 Å². The minimum atomic E-state index is -3.70. The second kappa shape index (κ2) is 7.06. The first-order valence-corrected chi connectivity index (χ1v) is 9.19. The lowest BCUT2D eigenvalue weighted by Crippen LogP contribution is -2.41. The molecular weight excluding hydrogens is 326 g/mol. The van der Waals surface area contributed by atoms with Crippen LogP contribution in [-0.4, -0.2) is 28.7 Å². The maximum Gasteiger partial charge on any atom is 0.244 e. The van der Waals surface area contributed by atoms with Crippen LogP contribution in [0.1, 0.15) is 32.6 Å². The smallest absolute Gasteiger partial charge is 0.244 e. The summed E-state index contributed by atoms with van der Waals surface area (Å²) in [7, 11) is -0.836. The predicted octanol–water partition coefficient (Wildman–Crippen LogP) is 3.21. The average Bonchev–Trinajstić information content (AvgIpc) is 2.48. The fourth-order valence-electron chi connectivity index (χ4n) is 2.80. The van der Waals surface area contributed by atoms with Crippen LogP contribution in [0, 0.1) is 5.92 Å². The molecule has 7 heteroatoms. The molecule has 1 aromatic rings. The first-order chi connectivity index (χ1) is 10.4. The molecule has 2 atom stereocenters. The molecule has 0 bridgehead atoms. The predicted molar refractivity (Wildman–Crippen MR) is 86.3 cm³/mol. The molecular formula is C15H22ClNO4S. The van der Waals surface area contributed by atoms with Gasteiger partial charge in [0.1, 0.15) is 16.4 Å². The summed E-state index contributed by atoms with van der Waals surface area (Å²) in [5.41, 5.74) is 0. The topological polar surface area (TPSA) is 64.6 Å². The first-order valence-electron chi connectivity index (χ1n) is 7.33. The number of hydrogen-bond donors (Lipinski definition) is 1. The molecule has 0 radical (unpaired) electrons. The van der Waals surface area contributed by atoms with Crippen LogP contribution in [0.3, 0.4) is 0 Å². The molecule has 0 spiro atoms. The Morgan fingerprint density at radius 3 is 2.36 bits per heavy atom. The largest absolute Gasteiger partial charge is 0.495 e. The van der Waals surface area contributed by atoms with E-state index in [1.807, 2.05) is 0 Å². The van der Waals surface area contributed by atoms with E-state index in [4.69, 9.17) is 21.1 Å². The number of methoxy groups -OCH3 is 2. The molecule has 0 unspecified atom stereocenters. The maximum atomic E-state index is 12.7. The van der Waals surface area contributed by atoms with Crippen molar-refractivity contribution in [2.45, 2.75) is 43.5 Å². The molecule has 2 rings (SSSR count). The van der Waals surface area contributed by atoms with Gasteiger partial charge in [0, 0.05) is 18.2 Å². The van der Waals surface area contributed by atoms with Crippen LogP contribution in [0.15, 0.2) is 17.0 Å². The number of nitrogens with one attached hydrogen (secondary N) is 1. The standard InChI is InChI=1S/C15H22ClNO4S/c1-10-6-4-5-7-12(10)17-22(18,19)15-9-13(20-2)11(16)8-14(15)21-3/h8-10,12,17H,4-7H2,1-3H3/t10-,12-/m1/s1. The highest BCUT2D eigenvalue weighted by atomic mass is 35.5. The van der Waals surface area contributed by atoms with Gasteiger partial charge in [-0.1, -0.05) is 31.4 Å². The van der Waals surface area contributed by atoms with Crippen LogP contribution in [0.4, 0.5) is 0 Å². The van der Waals surface area contributed by atoms with Gasteiger partial charge in [0.25, 0.3) is 0 Å². The number of benzene rings is 1. The van der Waals surface area contributed by atoms with Crippen molar-refractivity contribution in [2.24, 2.45) is 5.92 Å². The summed E-state index contributed by atoms with van der Waals surface area (Å²) in [6, 6.07) is 2.81. The van der Waals surface area contributed by atoms with Gasteiger partial charge in [-0.15, -0.1) is 0 Å². The number of rotatable bonds is 5. The zero-order valence-electron chi connectivity index (χ0n) is 13.1. The van der Waals surface area contributed by atoms with E-state index < -0.39 is 10.0 Å². The SMILES string of the molecule is COc1cc(S(=O)(=O)N[C@@H]2CCCC[C@H]2C)c(OC)cc1Cl. The van der Waals surface area contributed by atoms with E-state index in [1.165, 1.54) is 26.4 Å². The summed E-state index contributed by atoms with van der Waals surface area (Å²) < 4.78 is 38.5. The summed E-state index contributed by atoms with van der Waals surface area (Å²) in [6.07, 6.45) is 4.08. The molecule has 0 heterocycles. The van der Waals surface area contributed by atoms with Crippen LogP contribution < -0.4 is 14.2 Å². The molecule has 1 aliphatic carbocycles. The Morgan fingerprint density at radius 2 is 1.77 bits per heavy atom. The Morgan fingerprint density at radius 1 is 1.14 bits per heavy atom. The van der Waals surface area contributed by atoms with Gasteiger partial charge in [0.15, 0.2) is 0 Å². The third-order valence-electron chi connectivity index (χ3n) is 4.15. The molecule has 1 aliphatic rings. The van der Waals surface area contributed by atoms with Gasteiger partial charge in [-0.25, -0.2) is 13.1 Å². The molecule has 0 amide bonds. The fourth-order valence-corrected chi connectivity index (χ4v) is 4.57. The lowest BCUT2D eigenvalue weighted by molar-refractivity contribution is 0.310. The number of hydrogen-bond acceptors (Lipinski definition) is 4. The van der Waals surface area contributed by atoms with Crippen LogP contribution in [0.5, 0.6) is 11.5 Å².